The topological polar surface area (TPSA) is 41.5 Å². The van der Waals surface area contributed by atoms with E-state index in [0.717, 1.165) is 13.1 Å². The second kappa shape index (κ2) is 8.48. The van der Waals surface area contributed by atoms with E-state index in [2.05, 4.69) is 53.8 Å². The minimum Gasteiger partial charge on any atom is -0.394 e. The summed E-state index contributed by atoms with van der Waals surface area (Å²) < 4.78 is 5.19. The summed E-state index contributed by atoms with van der Waals surface area (Å²) in [5.41, 5.74) is 3.73. The van der Waals surface area contributed by atoms with Crippen LogP contribution in [0.5, 0.6) is 0 Å². The van der Waals surface area contributed by atoms with Crippen molar-refractivity contribution in [2.45, 2.75) is 6.54 Å². The van der Waals surface area contributed by atoms with Crippen molar-refractivity contribution in [2.24, 2.45) is 0 Å². The van der Waals surface area contributed by atoms with Crippen LogP contribution < -0.4 is 5.32 Å². The number of ether oxygens (including phenoxy) is 1. The van der Waals surface area contributed by atoms with Crippen molar-refractivity contribution < 1.29 is 9.84 Å². The number of nitrogens with one attached hydrogen (secondary N) is 1. The van der Waals surface area contributed by atoms with Crippen LogP contribution in [-0.4, -0.2) is 31.5 Å². The quantitative estimate of drug-likeness (QED) is 0.725. The smallest absolute Gasteiger partial charge is 0.0698 e. The van der Waals surface area contributed by atoms with Gasteiger partial charge in [-0.25, -0.2) is 0 Å². The number of benzene rings is 2. The molecule has 106 valence electrons. The zero-order valence-electron chi connectivity index (χ0n) is 11.6. The molecule has 0 saturated heterocycles. The van der Waals surface area contributed by atoms with Crippen LogP contribution in [0.3, 0.4) is 0 Å². The molecule has 2 N–H and O–H groups in total. The molecule has 0 aliphatic heterocycles. The third-order valence-electron chi connectivity index (χ3n) is 3.05. The Kier molecular flexibility index (Phi) is 6.24. The molecular formula is C17H21NO2. The summed E-state index contributed by atoms with van der Waals surface area (Å²) in [7, 11) is 0. The lowest BCUT2D eigenvalue weighted by atomic mass is 10.0. The maximum absolute atomic E-state index is 8.58. The van der Waals surface area contributed by atoms with Crippen molar-refractivity contribution in [2.75, 3.05) is 26.4 Å². The highest BCUT2D eigenvalue weighted by molar-refractivity contribution is 5.63. The zero-order valence-corrected chi connectivity index (χ0v) is 11.6. The van der Waals surface area contributed by atoms with Crippen LogP contribution in [0, 0.1) is 0 Å². The molecule has 3 heteroatoms. The van der Waals surface area contributed by atoms with Crippen LogP contribution in [0.4, 0.5) is 0 Å². The van der Waals surface area contributed by atoms with Crippen LogP contribution in [0.15, 0.2) is 54.6 Å². The Morgan fingerprint density at radius 2 is 1.55 bits per heavy atom. The lowest BCUT2D eigenvalue weighted by molar-refractivity contribution is 0.0938. The largest absolute Gasteiger partial charge is 0.394 e. The summed E-state index contributed by atoms with van der Waals surface area (Å²) >= 11 is 0. The van der Waals surface area contributed by atoms with Gasteiger partial charge in [0, 0.05) is 13.1 Å². The van der Waals surface area contributed by atoms with Crippen molar-refractivity contribution in [1.82, 2.24) is 5.32 Å². The van der Waals surface area contributed by atoms with E-state index in [1.54, 1.807) is 0 Å². The summed E-state index contributed by atoms with van der Waals surface area (Å²) in [4.78, 5) is 0. The molecule has 2 rings (SSSR count). The monoisotopic (exact) mass is 271 g/mol. The Hall–Kier alpha value is -1.68. The van der Waals surface area contributed by atoms with E-state index in [1.165, 1.54) is 16.7 Å². The van der Waals surface area contributed by atoms with Gasteiger partial charge in [-0.1, -0.05) is 54.6 Å². The van der Waals surface area contributed by atoms with Crippen molar-refractivity contribution >= 4 is 0 Å². The van der Waals surface area contributed by atoms with Crippen LogP contribution in [-0.2, 0) is 11.3 Å². The predicted octanol–water partition coefficient (Wildman–Crippen LogP) is 2.45. The number of hydrogen-bond donors (Lipinski definition) is 2. The van der Waals surface area contributed by atoms with Crippen molar-refractivity contribution in [3.8, 4) is 11.1 Å². The summed E-state index contributed by atoms with van der Waals surface area (Å²) in [6.07, 6.45) is 0. The highest BCUT2D eigenvalue weighted by Gasteiger charge is 1.97. The van der Waals surface area contributed by atoms with Gasteiger partial charge in [0.05, 0.1) is 19.8 Å². The summed E-state index contributed by atoms with van der Waals surface area (Å²) in [5, 5.41) is 11.9. The van der Waals surface area contributed by atoms with Gasteiger partial charge in [-0.3, -0.25) is 0 Å². The summed E-state index contributed by atoms with van der Waals surface area (Å²) in [6.45, 7) is 2.75. The standard InChI is InChI=1S/C17H21NO2/c19-11-13-20-12-10-18-14-15-6-8-17(9-7-15)16-4-2-1-3-5-16/h1-9,18-19H,10-14H2. The number of aliphatic hydroxyl groups excluding tert-OH is 1. The molecule has 0 aromatic heterocycles. The average molecular weight is 271 g/mol. The van der Waals surface area contributed by atoms with Crippen molar-refractivity contribution in [3.05, 3.63) is 60.2 Å². The third kappa shape index (κ3) is 4.78. The van der Waals surface area contributed by atoms with Crippen LogP contribution in [0.25, 0.3) is 11.1 Å². The second-order valence-electron chi connectivity index (χ2n) is 4.58. The van der Waals surface area contributed by atoms with E-state index in [-0.39, 0.29) is 6.61 Å². The molecule has 20 heavy (non-hydrogen) atoms. The van der Waals surface area contributed by atoms with Crippen molar-refractivity contribution in [3.63, 3.8) is 0 Å². The molecule has 0 heterocycles. The van der Waals surface area contributed by atoms with Gasteiger partial charge in [0.1, 0.15) is 0 Å². The molecule has 2 aromatic rings. The van der Waals surface area contributed by atoms with Crippen LogP contribution >= 0.6 is 0 Å². The first-order valence-electron chi connectivity index (χ1n) is 6.94. The molecule has 0 saturated carbocycles. The Balaban J connectivity index is 1.77. The molecule has 0 unspecified atom stereocenters. The molecule has 3 nitrogen and oxygen atoms in total. The van der Waals surface area contributed by atoms with Crippen LogP contribution in [0.2, 0.25) is 0 Å². The van der Waals surface area contributed by atoms with Crippen LogP contribution in [0.1, 0.15) is 5.56 Å². The normalized spacial score (nSPS) is 10.7. The van der Waals surface area contributed by atoms with Gasteiger partial charge in [-0.2, -0.15) is 0 Å². The highest BCUT2D eigenvalue weighted by Crippen LogP contribution is 2.18. The fourth-order valence-electron chi connectivity index (χ4n) is 1.99. The number of hydrogen-bond acceptors (Lipinski definition) is 3. The maximum atomic E-state index is 8.58. The Bertz CT molecular complexity index is 482. The molecular weight excluding hydrogens is 250 g/mol. The maximum Gasteiger partial charge on any atom is 0.0698 e. The fraction of sp³-hybridized carbons (Fsp3) is 0.294. The van der Waals surface area contributed by atoms with E-state index >= 15 is 0 Å². The van der Waals surface area contributed by atoms with Gasteiger partial charge < -0.3 is 15.2 Å². The summed E-state index contributed by atoms with van der Waals surface area (Å²) in [5.74, 6) is 0. The first-order chi connectivity index (χ1) is 9.90. The molecule has 0 radical (unpaired) electrons. The van der Waals surface area contributed by atoms with Gasteiger partial charge in [0.25, 0.3) is 0 Å². The van der Waals surface area contributed by atoms with Gasteiger partial charge in [-0.05, 0) is 16.7 Å². The minimum atomic E-state index is 0.0843. The molecule has 0 bridgehead atoms. The summed E-state index contributed by atoms with van der Waals surface area (Å²) in [6, 6.07) is 18.9. The lowest BCUT2D eigenvalue weighted by Crippen LogP contribution is -2.19. The molecule has 0 amide bonds. The Morgan fingerprint density at radius 3 is 2.25 bits per heavy atom. The van der Waals surface area contributed by atoms with E-state index in [9.17, 15) is 0 Å². The molecule has 2 aromatic carbocycles. The van der Waals surface area contributed by atoms with E-state index in [4.69, 9.17) is 9.84 Å². The third-order valence-corrected chi connectivity index (χ3v) is 3.05. The highest BCUT2D eigenvalue weighted by atomic mass is 16.5. The van der Waals surface area contributed by atoms with E-state index in [1.807, 2.05) is 6.07 Å². The van der Waals surface area contributed by atoms with Gasteiger partial charge in [0.2, 0.25) is 0 Å². The minimum absolute atomic E-state index is 0.0843. The zero-order chi connectivity index (χ0) is 14.0. The predicted molar refractivity (Wildman–Crippen MR) is 81.5 cm³/mol. The first-order valence-corrected chi connectivity index (χ1v) is 6.94. The van der Waals surface area contributed by atoms with Gasteiger partial charge >= 0.3 is 0 Å². The van der Waals surface area contributed by atoms with Crippen molar-refractivity contribution in [1.29, 1.82) is 0 Å². The molecule has 0 atom stereocenters. The average Bonchev–Trinajstić information content (AvgIpc) is 2.52. The number of aliphatic hydroxyl groups is 1. The second-order valence-corrected chi connectivity index (χ2v) is 4.58. The Morgan fingerprint density at radius 1 is 0.850 bits per heavy atom. The van der Waals surface area contributed by atoms with E-state index < -0.39 is 0 Å². The Labute approximate surface area is 120 Å². The fourth-order valence-corrected chi connectivity index (χ4v) is 1.99. The van der Waals surface area contributed by atoms with Gasteiger partial charge in [0.15, 0.2) is 0 Å². The first kappa shape index (κ1) is 14.7. The molecule has 0 aliphatic rings. The van der Waals surface area contributed by atoms with Gasteiger partial charge in [-0.15, -0.1) is 0 Å². The molecule has 0 aliphatic carbocycles. The molecule has 0 fully saturated rings. The lowest BCUT2D eigenvalue weighted by Gasteiger charge is -2.07. The molecule has 0 spiro atoms. The number of rotatable bonds is 8. The van der Waals surface area contributed by atoms with E-state index in [0.29, 0.717) is 13.2 Å². The SMILES string of the molecule is OCCOCCNCc1ccc(-c2ccccc2)cc1.